The molecule has 0 aliphatic rings. The van der Waals surface area contributed by atoms with Crippen molar-refractivity contribution in [2.75, 3.05) is 0 Å². The second kappa shape index (κ2) is 8.09. The Labute approximate surface area is 153 Å². The first-order valence-electron chi connectivity index (χ1n) is 7.60. The van der Waals surface area contributed by atoms with Crippen molar-refractivity contribution in [1.29, 1.82) is 0 Å². The van der Waals surface area contributed by atoms with Crippen molar-refractivity contribution in [2.24, 2.45) is 5.10 Å². The van der Waals surface area contributed by atoms with Crippen LogP contribution in [0.5, 0.6) is 11.5 Å². The van der Waals surface area contributed by atoms with E-state index in [2.05, 4.69) is 10.5 Å². The van der Waals surface area contributed by atoms with Gasteiger partial charge < -0.3 is 9.84 Å². The fourth-order valence-corrected chi connectivity index (χ4v) is 2.70. The summed E-state index contributed by atoms with van der Waals surface area (Å²) in [6.07, 6.45) is 1.42. The number of para-hydroxylation sites is 1. The number of esters is 1. The average molecular weight is 366 g/mol. The number of nitrogens with zero attached hydrogens (tertiary/aromatic N) is 1. The summed E-state index contributed by atoms with van der Waals surface area (Å²) in [5.41, 5.74) is 3.10. The van der Waals surface area contributed by atoms with Gasteiger partial charge in [0.15, 0.2) is 0 Å². The highest BCUT2D eigenvalue weighted by Crippen LogP contribution is 2.17. The third-order valence-corrected chi connectivity index (χ3v) is 4.17. The van der Waals surface area contributed by atoms with Gasteiger partial charge >= 0.3 is 5.97 Å². The van der Waals surface area contributed by atoms with E-state index in [0.29, 0.717) is 16.2 Å². The zero-order chi connectivity index (χ0) is 18.4. The second-order valence-electron chi connectivity index (χ2n) is 5.16. The first-order chi connectivity index (χ1) is 12.6. The minimum atomic E-state index is -0.528. The Morgan fingerprint density at radius 2 is 1.92 bits per heavy atom. The third kappa shape index (κ3) is 4.34. The number of phenols is 1. The number of benzene rings is 2. The molecule has 1 aromatic heterocycles. The molecule has 3 aromatic rings. The summed E-state index contributed by atoms with van der Waals surface area (Å²) in [6, 6.07) is 16.4. The van der Waals surface area contributed by atoms with E-state index in [4.69, 9.17) is 4.74 Å². The fourth-order valence-electron chi connectivity index (χ4n) is 2.10. The molecule has 0 atom stereocenters. The number of carbonyl (C=O) groups is 2. The molecule has 2 aromatic carbocycles. The molecule has 3 rings (SSSR count). The number of amides is 1. The SMILES string of the molecule is O=C(Oc1cccc(/C=N/NC(=O)c2ccccc2O)c1)c1cccs1. The Kier molecular flexibility index (Phi) is 5.40. The van der Waals surface area contributed by atoms with Crippen LogP contribution in [0.2, 0.25) is 0 Å². The number of hydrogen-bond acceptors (Lipinski definition) is 6. The third-order valence-electron chi connectivity index (χ3n) is 3.32. The van der Waals surface area contributed by atoms with Gasteiger partial charge in [-0.25, -0.2) is 10.2 Å². The van der Waals surface area contributed by atoms with Gasteiger partial charge in [-0.1, -0.05) is 30.3 Å². The molecule has 1 heterocycles. The molecule has 0 fully saturated rings. The zero-order valence-electron chi connectivity index (χ0n) is 13.5. The highest BCUT2D eigenvalue weighted by Gasteiger charge is 2.10. The standard InChI is InChI=1S/C19H14N2O4S/c22-16-8-2-1-7-15(16)18(23)21-20-12-13-5-3-6-14(11-13)25-19(24)17-9-4-10-26-17/h1-12,22H,(H,21,23)/b20-12+. The number of phenolic OH excluding ortho intramolecular Hbond substituents is 1. The normalized spacial score (nSPS) is 10.6. The summed E-state index contributed by atoms with van der Waals surface area (Å²) in [7, 11) is 0. The van der Waals surface area contributed by atoms with Crippen LogP contribution in [-0.2, 0) is 0 Å². The number of hydrogen-bond donors (Lipinski definition) is 2. The van der Waals surface area contributed by atoms with Gasteiger partial charge in [-0.15, -0.1) is 11.3 Å². The molecule has 1 amide bonds. The van der Waals surface area contributed by atoms with Crippen molar-refractivity contribution in [1.82, 2.24) is 5.43 Å². The number of carbonyl (C=O) groups excluding carboxylic acids is 2. The Morgan fingerprint density at radius 3 is 2.69 bits per heavy atom. The number of hydrazone groups is 1. The molecule has 0 unspecified atom stereocenters. The first kappa shape index (κ1) is 17.4. The van der Waals surface area contributed by atoms with Crippen LogP contribution < -0.4 is 10.2 Å². The molecule has 0 saturated carbocycles. The number of rotatable bonds is 5. The largest absolute Gasteiger partial charge is 0.507 e. The number of ether oxygens (including phenoxy) is 1. The van der Waals surface area contributed by atoms with Crippen LogP contribution in [0.25, 0.3) is 0 Å². The predicted molar refractivity (Wildman–Crippen MR) is 98.9 cm³/mol. The van der Waals surface area contributed by atoms with E-state index in [-0.39, 0.29) is 11.3 Å². The molecule has 26 heavy (non-hydrogen) atoms. The topological polar surface area (TPSA) is 88.0 Å². The molecule has 0 radical (unpaired) electrons. The van der Waals surface area contributed by atoms with E-state index in [1.807, 2.05) is 0 Å². The Morgan fingerprint density at radius 1 is 1.08 bits per heavy atom. The maximum atomic E-state index is 12.0. The van der Waals surface area contributed by atoms with E-state index in [1.165, 1.54) is 29.7 Å². The van der Waals surface area contributed by atoms with E-state index in [1.54, 1.807) is 53.9 Å². The van der Waals surface area contributed by atoms with Crippen molar-refractivity contribution in [3.05, 3.63) is 82.0 Å². The highest BCUT2D eigenvalue weighted by atomic mass is 32.1. The second-order valence-corrected chi connectivity index (χ2v) is 6.10. The summed E-state index contributed by atoms with van der Waals surface area (Å²) >= 11 is 1.30. The van der Waals surface area contributed by atoms with Crippen molar-refractivity contribution in [3.8, 4) is 11.5 Å². The summed E-state index contributed by atoms with van der Waals surface area (Å²) < 4.78 is 5.30. The Hall–Kier alpha value is -3.45. The Bertz CT molecular complexity index is 952. The molecule has 0 saturated heterocycles. The van der Waals surface area contributed by atoms with Crippen LogP contribution in [0.1, 0.15) is 25.6 Å². The number of aromatic hydroxyl groups is 1. The van der Waals surface area contributed by atoms with Gasteiger partial charge in [-0.2, -0.15) is 5.10 Å². The van der Waals surface area contributed by atoms with Crippen molar-refractivity contribution >= 4 is 29.4 Å². The van der Waals surface area contributed by atoms with Gasteiger partial charge in [0.2, 0.25) is 0 Å². The number of nitrogens with one attached hydrogen (secondary N) is 1. The lowest BCUT2D eigenvalue weighted by Crippen LogP contribution is -2.17. The summed E-state index contributed by atoms with van der Waals surface area (Å²) in [5, 5.41) is 15.3. The van der Waals surface area contributed by atoms with Crippen molar-refractivity contribution in [3.63, 3.8) is 0 Å². The van der Waals surface area contributed by atoms with Crippen LogP contribution in [0.15, 0.2) is 71.1 Å². The Balaban J connectivity index is 1.63. The molecular weight excluding hydrogens is 352 g/mol. The van der Waals surface area contributed by atoms with E-state index in [0.717, 1.165) is 0 Å². The lowest BCUT2D eigenvalue weighted by Gasteiger charge is -2.04. The highest BCUT2D eigenvalue weighted by molar-refractivity contribution is 7.12. The maximum Gasteiger partial charge on any atom is 0.353 e. The van der Waals surface area contributed by atoms with Gasteiger partial charge in [-0.05, 0) is 41.3 Å². The monoisotopic (exact) mass is 366 g/mol. The molecule has 6 nitrogen and oxygen atoms in total. The first-order valence-corrected chi connectivity index (χ1v) is 8.48. The number of thiophene rings is 1. The zero-order valence-corrected chi connectivity index (χ0v) is 14.3. The van der Waals surface area contributed by atoms with Crippen molar-refractivity contribution < 1.29 is 19.4 Å². The van der Waals surface area contributed by atoms with Crippen LogP contribution in [0.3, 0.4) is 0 Å². The molecule has 0 aliphatic carbocycles. The lowest BCUT2D eigenvalue weighted by atomic mass is 10.2. The lowest BCUT2D eigenvalue weighted by molar-refractivity contribution is 0.0739. The van der Waals surface area contributed by atoms with Crippen LogP contribution in [0.4, 0.5) is 0 Å². The van der Waals surface area contributed by atoms with Gasteiger partial charge in [0.25, 0.3) is 5.91 Å². The molecule has 0 spiro atoms. The van der Waals surface area contributed by atoms with Gasteiger partial charge in [0.1, 0.15) is 16.4 Å². The van der Waals surface area contributed by atoms with Gasteiger partial charge in [0, 0.05) is 0 Å². The minimum absolute atomic E-state index is 0.123. The van der Waals surface area contributed by atoms with E-state index < -0.39 is 11.9 Å². The molecule has 2 N–H and O–H groups in total. The predicted octanol–water partition coefficient (Wildman–Crippen LogP) is 3.44. The fraction of sp³-hybridized carbons (Fsp3) is 0. The summed E-state index contributed by atoms with van der Waals surface area (Å²) in [5.74, 6) is -0.705. The summed E-state index contributed by atoms with van der Waals surface area (Å²) in [6.45, 7) is 0. The maximum absolute atomic E-state index is 12.0. The molecule has 130 valence electrons. The molecule has 0 aliphatic heterocycles. The summed E-state index contributed by atoms with van der Waals surface area (Å²) in [4.78, 5) is 24.4. The minimum Gasteiger partial charge on any atom is -0.507 e. The van der Waals surface area contributed by atoms with Crippen LogP contribution in [-0.4, -0.2) is 23.2 Å². The van der Waals surface area contributed by atoms with Crippen molar-refractivity contribution in [2.45, 2.75) is 0 Å². The smallest absolute Gasteiger partial charge is 0.353 e. The van der Waals surface area contributed by atoms with Crippen LogP contribution in [0, 0.1) is 0 Å². The van der Waals surface area contributed by atoms with E-state index >= 15 is 0 Å². The van der Waals surface area contributed by atoms with E-state index in [9.17, 15) is 14.7 Å². The quantitative estimate of drug-likeness (QED) is 0.313. The molecule has 7 heteroatoms. The van der Waals surface area contributed by atoms with Gasteiger partial charge in [0.05, 0.1) is 11.8 Å². The van der Waals surface area contributed by atoms with Gasteiger partial charge in [-0.3, -0.25) is 4.79 Å². The molecular formula is C19H14N2O4S. The van der Waals surface area contributed by atoms with Crippen LogP contribution >= 0.6 is 11.3 Å². The molecule has 0 bridgehead atoms. The average Bonchev–Trinajstić information content (AvgIpc) is 3.17.